The third-order valence-corrected chi connectivity index (χ3v) is 6.40. The van der Waals surface area contributed by atoms with Crippen LogP contribution in [0.25, 0.3) is 22.6 Å². The molecular weight excluding hydrogens is 380 g/mol. The van der Waals surface area contributed by atoms with Crippen molar-refractivity contribution >= 4 is 5.69 Å². The van der Waals surface area contributed by atoms with Crippen LogP contribution in [0.4, 0.5) is 5.69 Å². The van der Waals surface area contributed by atoms with Crippen LogP contribution in [0.15, 0.2) is 89.3 Å². The van der Waals surface area contributed by atoms with Crippen molar-refractivity contribution < 1.29 is 4.42 Å². The number of hydrogen-bond donors (Lipinski definition) is 1. The molecule has 1 unspecified atom stereocenters. The number of benzene rings is 3. The van der Waals surface area contributed by atoms with Gasteiger partial charge in [-0.25, -0.2) is 4.98 Å². The smallest absolute Gasteiger partial charge is 0.198 e. The standard InChI is InChI=1S/C28H28N2O/c29-24-16-9-10-20(19-24)18-23-15-7-8-17-25(23)28-30-26(21-11-3-1-4-12-21)27(31-28)22-13-5-2-6-14-22/h1-6,9-14,16,19,23,25H,7-8,15,17-18,29H2/t23?,25-/m0/s1. The van der Waals surface area contributed by atoms with Crippen LogP contribution in [0.3, 0.4) is 0 Å². The molecule has 3 nitrogen and oxygen atoms in total. The highest BCUT2D eigenvalue weighted by Gasteiger charge is 2.32. The second-order valence-electron chi connectivity index (χ2n) is 8.56. The van der Waals surface area contributed by atoms with Crippen LogP contribution in [-0.4, -0.2) is 4.98 Å². The van der Waals surface area contributed by atoms with Gasteiger partial charge in [0.25, 0.3) is 0 Å². The summed E-state index contributed by atoms with van der Waals surface area (Å²) in [6.07, 6.45) is 5.82. The van der Waals surface area contributed by atoms with Gasteiger partial charge in [-0.15, -0.1) is 0 Å². The monoisotopic (exact) mass is 408 g/mol. The van der Waals surface area contributed by atoms with Crippen LogP contribution >= 0.6 is 0 Å². The predicted octanol–water partition coefficient (Wildman–Crippen LogP) is 7.11. The Morgan fingerprint density at radius 1 is 0.806 bits per heavy atom. The van der Waals surface area contributed by atoms with Gasteiger partial charge in [0.2, 0.25) is 0 Å². The van der Waals surface area contributed by atoms with Crippen LogP contribution in [0, 0.1) is 5.92 Å². The van der Waals surface area contributed by atoms with Crippen molar-refractivity contribution in [3.63, 3.8) is 0 Å². The number of nitrogen functional groups attached to an aromatic ring is 1. The van der Waals surface area contributed by atoms with E-state index in [-0.39, 0.29) is 0 Å². The van der Waals surface area contributed by atoms with E-state index in [0.29, 0.717) is 11.8 Å². The summed E-state index contributed by atoms with van der Waals surface area (Å²) >= 11 is 0. The quantitative estimate of drug-likeness (QED) is 0.358. The summed E-state index contributed by atoms with van der Waals surface area (Å²) in [6.45, 7) is 0. The van der Waals surface area contributed by atoms with E-state index in [1.807, 2.05) is 18.2 Å². The minimum absolute atomic E-state index is 0.329. The van der Waals surface area contributed by atoms with Crippen molar-refractivity contribution in [2.75, 3.05) is 5.73 Å². The first-order chi connectivity index (χ1) is 15.3. The predicted molar refractivity (Wildman–Crippen MR) is 127 cm³/mol. The van der Waals surface area contributed by atoms with E-state index in [4.69, 9.17) is 15.1 Å². The van der Waals surface area contributed by atoms with Gasteiger partial charge in [-0.2, -0.15) is 0 Å². The van der Waals surface area contributed by atoms with Gasteiger partial charge in [0.15, 0.2) is 11.7 Å². The second kappa shape index (κ2) is 8.81. The maximum Gasteiger partial charge on any atom is 0.198 e. The Labute approximate surface area is 184 Å². The Bertz CT molecular complexity index is 1080. The number of rotatable bonds is 5. The minimum Gasteiger partial charge on any atom is -0.440 e. The molecule has 0 amide bonds. The molecule has 1 fully saturated rings. The molecule has 1 aliphatic rings. The van der Waals surface area contributed by atoms with Crippen LogP contribution < -0.4 is 5.73 Å². The van der Waals surface area contributed by atoms with Crippen molar-refractivity contribution in [1.29, 1.82) is 0 Å². The van der Waals surface area contributed by atoms with Gasteiger partial charge in [0.05, 0.1) is 0 Å². The molecule has 1 aliphatic carbocycles. The lowest BCUT2D eigenvalue weighted by atomic mass is 9.76. The van der Waals surface area contributed by atoms with E-state index < -0.39 is 0 Å². The molecule has 1 heterocycles. The topological polar surface area (TPSA) is 52.0 Å². The zero-order valence-electron chi connectivity index (χ0n) is 17.7. The average molecular weight is 409 g/mol. The maximum absolute atomic E-state index is 6.55. The molecule has 156 valence electrons. The molecular formula is C28H28N2O. The highest BCUT2D eigenvalue weighted by molar-refractivity contribution is 5.76. The summed E-state index contributed by atoms with van der Waals surface area (Å²) in [6, 6.07) is 29.0. The molecule has 0 aliphatic heterocycles. The lowest BCUT2D eigenvalue weighted by Crippen LogP contribution is -2.20. The zero-order valence-corrected chi connectivity index (χ0v) is 17.7. The highest BCUT2D eigenvalue weighted by Crippen LogP contribution is 2.43. The first kappa shape index (κ1) is 19.6. The zero-order chi connectivity index (χ0) is 21.0. The van der Waals surface area contributed by atoms with E-state index in [2.05, 4.69) is 66.7 Å². The number of anilines is 1. The molecule has 5 rings (SSSR count). The van der Waals surface area contributed by atoms with E-state index in [1.165, 1.54) is 24.8 Å². The molecule has 0 radical (unpaired) electrons. The van der Waals surface area contributed by atoms with Gasteiger partial charge in [0.1, 0.15) is 5.69 Å². The summed E-state index contributed by atoms with van der Waals surface area (Å²) in [5.74, 6) is 2.60. The third-order valence-electron chi connectivity index (χ3n) is 6.40. The Morgan fingerprint density at radius 2 is 1.52 bits per heavy atom. The van der Waals surface area contributed by atoms with Crippen molar-refractivity contribution in [1.82, 2.24) is 4.98 Å². The number of aromatic nitrogens is 1. The first-order valence-corrected chi connectivity index (χ1v) is 11.2. The summed E-state index contributed by atoms with van der Waals surface area (Å²) in [5.41, 5.74) is 11.3. The molecule has 1 saturated carbocycles. The van der Waals surface area contributed by atoms with Crippen LogP contribution in [0.5, 0.6) is 0 Å². The van der Waals surface area contributed by atoms with E-state index in [1.54, 1.807) is 0 Å². The van der Waals surface area contributed by atoms with Crippen molar-refractivity contribution in [3.8, 4) is 22.6 Å². The highest BCUT2D eigenvalue weighted by atomic mass is 16.4. The molecule has 4 aromatic rings. The van der Waals surface area contributed by atoms with Gasteiger partial charge in [-0.1, -0.05) is 85.6 Å². The van der Waals surface area contributed by atoms with E-state index in [9.17, 15) is 0 Å². The summed E-state index contributed by atoms with van der Waals surface area (Å²) < 4.78 is 6.55. The molecule has 2 N–H and O–H groups in total. The van der Waals surface area contributed by atoms with Crippen LogP contribution in [-0.2, 0) is 6.42 Å². The molecule has 0 saturated heterocycles. The SMILES string of the molecule is Nc1cccc(CC2CCCC[C@@H]2c2nc(-c3ccccc3)c(-c3ccccc3)o2)c1. The first-order valence-electron chi connectivity index (χ1n) is 11.2. The van der Waals surface area contributed by atoms with E-state index in [0.717, 1.165) is 47.0 Å². The van der Waals surface area contributed by atoms with Crippen molar-refractivity contribution in [3.05, 3.63) is 96.4 Å². The maximum atomic E-state index is 6.55. The fourth-order valence-electron chi connectivity index (χ4n) is 4.87. The Balaban J connectivity index is 1.53. The number of nitrogens with two attached hydrogens (primary N) is 1. The van der Waals surface area contributed by atoms with E-state index >= 15 is 0 Å². The second-order valence-corrected chi connectivity index (χ2v) is 8.56. The normalized spacial score (nSPS) is 18.7. The summed E-state index contributed by atoms with van der Waals surface area (Å²) in [7, 11) is 0. The molecule has 0 spiro atoms. The minimum atomic E-state index is 0.329. The molecule has 1 aromatic heterocycles. The largest absolute Gasteiger partial charge is 0.440 e. The molecule has 31 heavy (non-hydrogen) atoms. The van der Waals surface area contributed by atoms with Gasteiger partial charge in [0, 0.05) is 22.7 Å². The Morgan fingerprint density at radius 3 is 2.26 bits per heavy atom. The van der Waals surface area contributed by atoms with Crippen LogP contribution in [0.2, 0.25) is 0 Å². The van der Waals surface area contributed by atoms with Gasteiger partial charge < -0.3 is 10.2 Å². The molecule has 3 heteroatoms. The molecule has 3 aromatic carbocycles. The number of oxazole rings is 1. The summed E-state index contributed by atoms with van der Waals surface area (Å²) in [5, 5.41) is 0. The number of nitrogens with zero attached hydrogens (tertiary/aromatic N) is 1. The Hall–Kier alpha value is -3.33. The lowest BCUT2D eigenvalue weighted by molar-refractivity contribution is 0.265. The molecule has 0 bridgehead atoms. The van der Waals surface area contributed by atoms with Crippen molar-refractivity contribution in [2.24, 2.45) is 5.92 Å². The third kappa shape index (κ3) is 4.27. The molecule has 2 atom stereocenters. The van der Waals surface area contributed by atoms with Crippen molar-refractivity contribution in [2.45, 2.75) is 38.0 Å². The fraction of sp³-hybridized carbons (Fsp3) is 0.250. The van der Waals surface area contributed by atoms with Gasteiger partial charge >= 0.3 is 0 Å². The lowest BCUT2D eigenvalue weighted by Gasteiger charge is -2.29. The average Bonchev–Trinajstić information content (AvgIpc) is 3.26. The fourth-order valence-corrected chi connectivity index (χ4v) is 4.87. The number of hydrogen-bond acceptors (Lipinski definition) is 3. The van der Waals surface area contributed by atoms with Gasteiger partial charge in [-0.05, 0) is 42.9 Å². The van der Waals surface area contributed by atoms with Gasteiger partial charge in [-0.3, -0.25) is 0 Å². The summed E-state index contributed by atoms with van der Waals surface area (Å²) in [4.78, 5) is 5.10. The Kier molecular flexibility index (Phi) is 5.57. The van der Waals surface area contributed by atoms with Crippen LogP contribution in [0.1, 0.15) is 43.1 Å².